The minimum atomic E-state index is -0.313. The fourth-order valence-electron chi connectivity index (χ4n) is 3.95. The molecule has 1 saturated heterocycles. The van der Waals surface area contributed by atoms with Crippen LogP contribution in [-0.2, 0) is 11.4 Å². The Morgan fingerprint density at radius 1 is 0.969 bits per heavy atom. The highest BCUT2D eigenvalue weighted by Crippen LogP contribution is 2.28. The van der Waals surface area contributed by atoms with Gasteiger partial charge in [-0.3, -0.25) is 9.59 Å². The highest BCUT2D eigenvalue weighted by atomic mass is 19.1. The van der Waals surface area contributed by atoms with E-state index < -0.39 is 0 Å². The van der Waals surface area contributed by atoms with Gasteiger partial charge in [0.1, 0.15) is 18.2 Å². The summed E-state index contributed by atoms with van der Waals surface area (Å²) in [7, 11) is 0. The predicted molar refractivity (Wildman–Crippen MR) is 120 cm³/mol. The zero-order valence-electron chi connectivity index (χ0n) is 17.9. The molecule has 1 aliphatic heterocycles. The molecule has 0 spiro atoms. The van der Waals surface area contributed by atoms with Crippen LogP contribution in [-0.4, -0.2) is 41.2 Å². The van der Waals surface area contributed by atoms with Gasteiger partial charge in [0, 0.05) is 32.1 Å². The van der Waals surface area contributed by atoms with E-state index in [-0.39, 0.29) is 30.3 Å². The minimum Gasteiger partial charge on any atom is -0.489 e. The van der Waals surface area contributed by atoms with Gasteiger partial charge in [0.2, 0.25) is 5.91 Å². The van der Waals surface area contributed by atoms with E-state index in [9.17, 15) is 14.0 Å². The maximum absolute atomic E-state index is 13.4. The van der Waals surface area contributed by atoms with Gasteiger partial charge < -0.3 is 14.5 Å². The molecule has 0 bridgehead atoms. The molecule has 0 N–H and O–H groups in total. The van der Waals surface area contributed by atoms with Crippen LogP contribution in [0.3, 0.4) is 0 Å². The molecule has 164 valence electrons. The summed E-state index contributed by atoms with van der Waals surface area (Å²) in [5.74, 6) is 0.120. The van der Waals surface area contributed by atoms with E-state index >= 15 is 0 Å². The molecule has 3 aromatic carbocycles. The van der Waals surface area contributed by atoms with Crippen LogP contribution >= 0.6 is 0 Å². The molecule has 1 fully saturated rings. The van der Waals surface area contributed by atoms with Crippen molar-refractivity contribution in [2.24, 2.45) is 0 Å². The molecule has 4 rings (SSSR count). The number of carbonyl (C=O) groups is 2. The van der Waals surface area contributed by atoms with Gasteiger partial charge in [0.05, 0.1) is 6.04 Å². The molecule has 1 heterocycles. The first-order valence-corrected chi connectivity index (χ1v) is 10.6. The lowest BCUT2D eigenvalue weighted by Gasteiger charge is -2.41. The van der Waals surface area contributed by atoms with Crippen LogP contribution in [0.2, 0.25) is 0 Å². The van der Waals surface area contributed by atoms with Crippen LogP contribution in [0.5, 0.6) is 5.75 Å². The van der Waals surface area contributed by atoms with Crippen molar-refractivity contribution in [3.05, 3.63) is 101 Å². The van der Waals surface area contributed by atoms with Crippen molar-refractivity contribution in [1.29, 1.82) is 0 Å². The normalized spacial score (nSPS) is 16.0. The van der Waals surface area contributed by atoms with Crippen LogP contribution in [0.1, 0.15) is 34.5 Å². The molecule has 3 aromatic rings. The van der Waals surface area contributed by atoms with E-state index in [0.717, 1.165) is 5.56 Å². The lowest BCUT2D eigenvalue weighted by molar-refractivity contribution is -0.131. The number of ether oxygens (including phenoxy) is 1. The average Bonchev–Trinajstić information content (AvgIpc) is 2.82. The summed E-state index contributed by atoms with van der Waals surface area (Å²) >= 11 is 0. The Morgan fingerprint density at radius 3 is 2.50 bits per heavy atom. The molecule has 1 unspecified atom stereocenters. The Labute approximate surface area is 187 Å². The third-order valence-electron chi connectivity index (χ3n) is 5.65. The first kappa shape index (κ1) is 21.6. The summed E-state index contributed by atoms with van der Waals surface area (Å²) in [5, 5.41) is 0. The largest absolute Gasteiger partial charge is 0.489 e. The molecule has 2 amide bonds. The van der Waals surface area contributed by atoms with Crippen molar-refractivity contribution in [3.8, 4) is 5.75 Å². The van der Waals surface area contributed by atoms with E-state index in [2.05, 4.69) is 0 Å². The van der Waals surface area contributed by atoms with Gasteiger partial charge in [0.25, 0.3) is 5.91 Å². The van der Waals surface area contributed by atoms with Gasteiger partial charge >= 0.3 is 0 Å². The molecule has 6 heteroatoms. The summed E-state index contributed by atoms with van der Waals surface area (Å²) in [6.45, 7) is 3.17. The Bertz CT molecular complexity index is 1100. The highest BCUT2D eigenvalue weighted by Gasteiger charge is 2.33. The lowest BCUT2D eigenvalue weighted by atomic mass is 10.0. The molecular weight excluding hydrogens is 407 g/mol. The maximum Gasteiger partial charge on any atom is 0.254 e. The zero-order chi connectivity index (χ0) is 22.5. The number of halogens is 1. The van der Waals surface area contributed by atoms with Gasteiger partial charge in [-0.1, -0.05) is 48.5 Å². The van der Waals surface area contributed by atoms with E-state index in [1.165, 1.54) is 12.1 Å². The van der Waals surface area contributed by atoms with Gasteiger partial charge in [-0.15, -0.1) is 0 Å². The van der Waals surface area contributed by atoms with Crippen molar-refractivity contribution >= 4 is 11.8 Å². The predicted octanol–water partition coefficient (Wildman–Crippen LogP) is 4.45. The lowest BCUT2D eigenvalue weighted by Crippen LogP contribution is -2.51. The SMILES string of the molecule is CC(=O)N1CCN(C(=O)c2cccc(OCc3cccc(F)c3)c2)C(c2ccccc2)C1. The Morgan fingerprint density at radius 2 is 1.75 bits per heavy atom. The second kappa shape index (κ2) is 9.64. The molecule has 1 aliphatic rings. The second-order valence-corrected chi connectivity index (χ2v) is 7.84. The van der Waals surface area contributed by atoms with Crippen LogP contribution in [0.15, 0.2) is 78.9 Å². The van der Waals surface area contributed by atoms with Crippen LogP contribution in [0.4, 0.5) is 4.39 Å². The smallest absolute Gasteiger partial charge is 0.254 e. The fraction of sp³-hybridized carbons (Fsp3) is 0.231. The highest BCUT2D eigenvalue weighted by molar-refractivity contribution is 5.95. The molecule has 0 aliphatic carbocycles. The summed E-state index contributed by atoms with van der Waals surface area (Å²) in [6.07, 6.45) is 0. The number of nitrogens with zero attached hydrogens (tertiary/aromatic N) is 2. The molecule has 0 aromatic heterocycles. The fourth-order valence-corrected chi connectivity index (χ4v) is 3.95. The molecule has 5 nitrogen and oxygen atoms in total. The standard InChI is InChI=1S/C26H25FN2O3/c1-19(30)28-13-14-29(25(17-28)21-8-3-2-4-9-21)26(31)22-10-6-12-24(16-22)32-18-20-7-5-11-23(27)15-20/h2-12,15-16,25H,13-14,17-18H2,1H3. The van der Waals surface area contributed by atoms with Crippen LogP contribution in [0, 0.1) is 5.82 Å². The number of amides is 2. The number of hydrogen-bond acceptors (Lipinski definition) is 3. The number of carbonyl (C=O) groups excluding carboxylic acids is 2. The Balaban J connectivity index is 1.53. The van der Waals surface area contributed by atoms with Crippen molar-refractivity contribution in [2.45, 2.75) is 19.6 Å². The first-order chi connectivity index (χ1) is 15.5. The van der Waals surface area contributed by atoms with Gasteiger partial charge in [0.15, 0.2) is 0 Å². The topological polar surface area (TPSA) is 49.9 Å². The maximum atomic E-state index is 13.4. The van der Waals surface area contributed by atoms with Gasteiger partial charge in [-0.2, -0.15) is 0 Å². The number of hydrogen-bond donors (Lipinski definition) is 0. The molecule has 0 saturated carbocycles. The van der Waals surface area contributed by atoms with Gasteiger partial charge in [-0.05, 0) is 41.5 Å². The Hall–Kier alpha value is -3.67. The van der Waals surface area contributed by atoms with Crippen LogP contribution < -0.4 is 4.74 Å². The van der Waals surface area contributed by atoms with E-state index in [1.54, 1.807) is 48.2 Å². The second-order valence-electron chi connectivity index (χ2n) is 7.84. The molecule has 0 radical (unpaired) electrons. The average molecular weight is 432 g/mol. The van der Waals surface area contributed by atoms with Crippen molar-refractivity contribution < 1.29 is 18.7 Å². The monoisotopic (exact) mass is 432 g/mol. The van der Waals surface area contributed by atoms with Crippen LogP contribution in [0.25, 0.3) is 0 Å². The van der Waals surface area contributed by atoms with Crippen molar-refractivity contribution in [3.63, 3.8) is 0 Å². The van der Waals surface area contributed by atoms with Crippen molar-refractivity contribution in [2.75, 3.05) is 19.6 Å². The first-order valence-electron chi connectivity index (χ1n) is 10.6. The van der Waals surface area contributed by atoms with Gasteiger partial charge in [-0.25, -0.2) is 4.39 Å². The third kappa shape index (κ3) is 4.97. The summed E-state index contributed by atoms with van der Waals surface area (Å²) in [5.41, 5.74) is 2.22. The zero-order valence-corrected chi connectivity index (χ0v) is 17.9. The third-order valence-corrected chi connectivity index (χ3v) is 5.65. The summed E-state index contributed by atoms with van der Waals surface area (Å²) < 4.78 is 19.2. The number of benzene rings is 3. The molecule has 1 atom stereocenters. The quantitative estimate of drug-likeness (QED) is 0.599. The number of rotatable bonds is 5. The Kier molecular flexibility index (Phi) is 6.50. The summed E-state index contributed by atoms with van der Waals surface area (Å²) in [6, 6.07) is 22.8. The minimum absolute atomic E-state index is 0.00535. The summed E-state index contributed by atoms with van der Waals surface area (Å²) in [4.78, 5) is 29.0. The van der Waals surface area contributed by atoms with Crippen molar-refractivity contribution in [1.82, 2.24) is 9.80 Å². The molecule has 32 heavy (non-hydrogen) atoms. The van der Waals surface area contributed by atoms with E-state index in [4.69, 9.17) is 4.74 Å². The van der Waals surface area contributed by atoms with E-state index in [0.29, 0.717) is 36.5 Å². The molecular formula is C26H25FN2O3. The van der Waals surface area contributed by atoms with E-state index in [1.807, 2.05) is 35.2 Å². The number of piperazine rings is 1.